The number of nitrogens with two attached hydrogens (primary N) is 1. The maximum atomic E-state index is 5.91. The van der Waals surface area contributed by atoms with Gasteiger partial charge in [-0.1, -0.05) is 22.0 Å². The fourth-order valence-corrected chi connectivity index (χ4v) is 2.55. The third kappa shape index (κ3) is 3.71. The van der Waals surface area contributed by atoms with Crippen LogP contribution in [0.2, 0.25) is 0 Å². The van der Waals surface area contributed by atoms with Gasteiger partial charge in [-0.15, -0.1) is 0 Å². The lowest BCUT2D eigenvalue weighted by molar-refractivity contribution is 0.728. The van der Waals surface area contributed by atoms with Crippen LogP contribution in [-0.2, 0) is 6.42 Å². The number of halogens is 1. The summed E-state index contributed by atoms with van der Waals surface area (Å²) in [4.78, 5) is 2.38. The van der Waals surface area contributed by atoms with E-state index in [2.05, 4.69) is 53.0 Å². The van der Waals surface area contributed by atoms with Crippen molar-refractivity contribution in [2.45, 2.75) is 32.2 Å². The van der Waals surface area contributed by atoms with Gasteiger partial charge in [0.1, 0.15) is 0 Å². The predicted molar refractivity (Wildman–Crippen MR) is 77.5 cm³/mol. The molecule has 2 nitrogen and oxygen atoms in total. The summed E-state index contributed by atoms with van der Waals surface area (Å²) in [7, 11) is 2.19. The predicted octanol–water partition coefficient (Wildman–Crippen LogP) is 3.19. The van der Waals surface area contributed by atoms with E-state index < -0.39 is 0 Å². The van der Waals surface area contributed by atoms with Crippen molar-refractivity contribution in [3.05, 3.63) is 28.2 Å². The van der Waals surface area contributed by atoms with Crippen molar-refractivity contribution >= 4 is 21.6 Å². The largest absolute Gasteiger partial charge is 0.374 e. The van der Waals surface area contributed by atoms with Crippen LogP contribution in [0.15, 0.2) is 22.7 Å². The van der Waals surface area contributed by atoms with Crippen LogP contribution in [0.5, 0.6) is 0 Å². The van der Waals surface area contributed by atoms with E-state index in [1.807, 2.05) is 0 Å². The Bertz CT molecular complexity index is 386. The van der Waals surface area contributed by atoms with Gasteiger partial charge in [-0.3, -0.25) is 0 Å². The highest BCUT2D eigenvalue weighted by molar-refractivity contribution is 9.10. The summed E-state index contributed by atoms with van der Waals surface area (Å²) in [6, 6.07) is 6.71. The van der Waals surface area contributed by atoms with Gasteiger partial charge in [0.05, 0.1) is 0 Å². The first-order valence-electron chi connectivity index (χ1n) is 6.31. The van der Waals surface area contributed by atoms with Crippen LogP contribution in [0.1, 0.15) is 25.3 Å². The van der Waals surface area contributed by atoms with E-state index in [9.17, 15) is 0 Å². The lowest BCUT2D eigenvalue weighted by atomic mass is 10.0. The van der Waals surface area contributed by atoms with Gasteiger partial charge in [-0.2, -0.15) is 0 Å². The molecule has 1 saturated carbocycles. The smallest absolute Gasteiger partial charge is 0.0408 e. The number of benzene rings is 1. The minimum atomic E-state index is 0.212. The molecule has 1 aromatic carbocycles. The summed E-state index contributed by atoms with van der Waals surface area (Å²) in [5, 5.41) is 0. The summed E-state index contributed by atoms with van der Waals surface area (Å²) in [6.45, 7) is 3.23. The first-order valence-corrected chi connectivity index (χ1v) is 7.10. The van der Waals surface area contributed by atoms with Gasteiger partial charge in [0.25, 0.3) is 0 Å². The summed E-state index contributed by atoms with van der Waals surface area (Å²) >= 11 is 3.55. The number of hydrogen-bond acceptors (Lipinski definition) is 2. The van der Waals surface area contributed by atoms with Crippen LogP contribution in [0, 0.1) is 5.92 Å². The highest BCUT2D eigenvalue weighted by Gasteiger charge is 2.23. The molecule has 1 aliphatic rings. The van der Waals surface area contributed by atoms with Crippen molar-refractivity contribution in [2.24, 2.45) is 11.7 Å². The zero-order chi connectivity index (χ0) is 12.4. The Kier molecular flexibility index (Phi) is 4.10. The highest BCUT2D eigenvalue weighted by atomic mass is 79.9. The molecule has 1 aliphatic carbocycles. The summed E-state index contributed by atoms with van der Waals surface area (Å²) < 4.78 is 1.14. The molecule has 1 atom stereocenters. The maximum absolute atomic E-state index is 5.91. The van der Waals surface area contributed by atoms with Gasteiger partial charge in [-0.05, 0) is 49.8 Å². The molecule has 0 amide bonds. The molecule has 2 rings (SSSR count). The molecule has 1 aromatic rings. The fourth-order valence-electron chi connectivity index (χ4n) is 2.20. The van der Waals surface area contributed by atoms with Crippen molar-refractivity contribution in [2.75, 3.05) is 18.5 Å². The molecule has 0 spiro atoms. The van der Waals surface area contributed by atoms with E-state index in [0.717, 1.165) is 16.8 Å². The molecule has 94 valence electrons. The Labute approximate surface area is 112 Å². The molecular weight excluding hydrogens is 276 g/mol. The summed E-state index contributed by atoms with van der Waals surface area (Å²) in [5.41, 5.74) is 8.59. The van der Waals surface area contributed by atoms with Crippen LogP contribution >= 0.6 is 15.9 Å². The van der Waals surface area contributed by atoms with E-state index in [4.69, 9.17) is 5.73 Å². The molecule has 0 radical (unpaired) electrons. The molecule has 0 bridgehead atoms. The van der Waals surface area contributed by atoms with Crippen LogP contribution in [-0.4, -0.2) is 19.6 Å². The molecule has 2 N–H and O–H groups in total. The Morgan fingerprint density at radius 2 is 2.18 bits per heavy atom. The van der Waals surface area contributed by atoms with E-state index in [1.54, 1.807) is 0 Å². The second kappa shape index (κ2) is 5.40. The van der Waals surface area contributed by atoms with Crippen molar-refractivity contribution in [1.82, 2.24) is 0 Å². The zero-order valence-corrected chi connectivity index (χ0v) is 12.2. The molecule has 1 unspecified atom stereocenters. The second-order valence-electron chi connectivity index (χ2n) is 5.28. The lowest BCUT2D eigenvalue weighted by Gasteiger charge is -2.23. The molecule has 17 heavy (non-hydrogen) atoms. The number of anilines is 1. The van der Waals surface area contributed by atoms with E-state index in [1.165, 1.54) is 30.6 Å². The molecule has 3 heteroatoms. The van der Waals surface area contributed by atoms with Crippen LogP contribution < -0.4 is 10.6 Å². The third-order valence-electron chi connectivity index (χ3n) is 3.23. The quantitative estimate of drug-likeness (QED) is 0.904. The Balaban J connectivity index is 2.18. The standard InChI is InChI=1S/C14H21BrN2/c1-10(16)7-12-5-6-13(15)8-14(12)17(2)9-11-3-4-11/h5-6,8,10-11H,3-4,7,9,16H2,1-2H3. The zero-order valence-electron chi connectivity index (χ0n) is 10.6. The Morgan fingerprint density at radius 1 is 1.47 bits per heavy atom. The van der Waals surface area contributed by atoms with Gasteiger partial charge in [0.2, 0.25) is 0 Å². The van der Waals surface area contributed by atoms with Crippen molar-refractivity contribution < 1.29 is 0 Å². The van der Waals surface area contributed by atoms with E-state index >= 15 is 0 Å². The number of hydrogen-bond donors (Lipinski definition) is 1. The summed E-state index contributed by atoms with van der Waals surface area (Å²) in [6.07, 6.45) is 3.72. The van der Waals surface area contributed by atoms with Crippen LogP contribution in [0.4, 0.5) is 5.69 Å². The molecular formula is C14H21BrN2. The number of nitrogens with zero attached hydrogens (tertiary/aromatic N) is 1. The van der Waals surface area contributed by atoms with Gasteiger partial charge < -0.3 is 10.6 Å². The Hall–Kier alpha value is -0.540. The topological polar surface area (TPSA) is 29.3 Å². The monoisotopic (exact) mass is 296 g/mol. The normalized spacial score (nSPS) is 16.9. The third-order valence-corrected chi connectivity index (χ3v) is 3.72. The molecule has 1 fully saturated rings. The molecule has 0 heterocycles. The van der Waals surface area contributed by atoms with Crippen LogP contribution in [0.3, 0.4) is 0 Å². The minimum absolute atomic E-state index is 0.212. The van der Waals surface area contributed by atoms with Gasteiger partial charge in [-0.25, -0.2) is 0 Å². The van der Waals surface area contributed by atoms with E-state index in [0.29, 0.717) is 0 Å². The maximum Gasteiger partial charge on any atom is 0.0408 e. The first kappa shape index (κ1) is 12.9. The molecule has 0 aliphatic heterocycles. The highest BCUT2D eigenvalue weighted by Crippen LogP contribution is 2.33. The first-order chi connectivity index (χ1) is 8.06. The average Bonchev–Trinajstić information content (AvgIpc) is 3.03. The number of rotatable bonds is 5. The lowest BCUT2D eigenvalue weighted by Crippen LogP contribution is -2.24. The van der Waals surface area contributed by atoms with E-state index in [-0.39, 0.29) is 6.04 Å². The summed E-state index contributed by atoms with van der Waals surface area (Å²) in [5.74, 6) is 0.905. The van der Waals surface area contributed by atoms with Gasteiger partial charge >= 0.3 is 0 Å². The molecule has 0 saturated heterocycles. The van der Waals surface area contributed by atoms with Crippen molar-refractivity contribution in [1.29, 1.82) is 0 Å². The van der Waals surface area contributed by atoms with Crippen molar-refractivity contribution in [3.8, 4) is 0 Å². The fraction of sp³-hybridized carbons (Fsp3) is 0.571. The Morgan fingerprint density at radius 3 is 2.76 bits per heavy atom. The average molecular weight is 297 g/mol. The minimum Gasteiger partial charge on any atom is -0.374 e. The van der Waals surface area contributed by atoms with Crippen LogP contribution in [0.25, 0.3) is 0 Å². The SMILES string of the molecule is CC(N)Cc1ccc(Br)cc1N(C)CC1CC1. The second-order valence-corrected chi connectivity index (χ2v) is 6.19. The van der Waals surface area contributed by atoms with Gasteiger partial charge in [0.15, 0.2) is 0 Å². The van der Waals surface area contributed by atoms with Crippen molar-refractivity contribution in [3.63, 3.8) is 0 Å². The van der Waals surface area contributed by atoms with Gasteiger partial charge in [0, 0.05) is 29.8 Å². The molecule has 0 aromatic heterocycles.